The number of carbonyl (C=O) groups is 1. The van der Waals surface area contributed by atoms with E-state index in [1.54, 1.807) is 0 Å². The SMILES string of the molecule is C[C@H]1CCCN1[C@H]1C[CH]CC1C(N)=O. The van der Waals surface area contributed by atoms with Crippen LogP contribution in [0.2, 0.25) is 0 Å². The Morgan fingerprint density at radius 2 is 2.29 bits per heavy atom. The van der Waals surface area contributed by atoms with Crippen molar-refractivity contribution in [3.8, 4) is 0 Å². The molecule has 1 heterocycles. The Labute approximate surface area is 85.6 Å². The Hall–Kier alpha value is -0.570. The van der Waals surface area contributed by atoms with Crippen LogP contribution < -0.4 is 5.73 Å². The average molecular weight is 195 g/mol. The standard InChI is InChI=1S/C11H19N2O/c1-8-4-3-7-13(8)10-6-2-5-9(10)11(12)14/h2,8-10H,3-7H2,1H3,(H2,12,14)/t8-,9?,10-/m0/s1. The number of likely N-dealkylation sites (tertiary alicyclic amines) is 1. The van der Waals surface area contributed by atoms with Crippen molar-refractivity contribution in [2.24, 2.45) is 11.7 Å². The molecule has 3 nitrogen and oxygen atoms in total. The van der Waals surface area contributed by atoms with Crippen molar-refractivity contribution in [3.05, 3.63) is 6.42 Å². The fourth-order valence-electron chi connectivity index (χ4n) is 2.89. The van der Waals surface area contributed by atoms with E-state index in [4.69, 9.17) is 5.73 Å². The minimum Gasteiger partial charge on any atom is -0.369 e. The zero-order valence-corrected chi connectivity index (χ0v) is 8.78. The van der Waals surface area contributed by atoms with Gasteiger partial charge in [-0.3, -0.25) is 9.69 Å². The van der Waals surface area contributed by atoms with E-state index in [0.29, 0.717) is 12.1 Å². The van der Waals surface area contributed by atoms with Gasteiger partial charge in [-0.15, -0.1) is 0 Å². The molecular weight excluding hydrogens is 176 g/mol. The molecule has 1 aliphatic heterocycles. The first-order valence-electron chi connectivity index (χ1n) is 5.57. The van der Waals surface area contributed by atoms with Gasteiger partial charge in [0.15, 0.2) is 0 Å². The molecule has 3 heteroatoms. The summed E-state index contributed by atoms with van der Waals surface area (Å²) in [6, 6.07) is 1.03. The highest BCUT2D eigenvalue weighted by Gasteiger charge is 2.38. The van der Waals surface area contributed by atoms with Crippen molar-refractivity contribution in [3.63, 3.8) is 0 Å². The molecule has 0 aromatic carbocycles. The summed E-state index contributed by atoms with van der Waals surface area (Å²) in [4.78, 5) is 13.7. The third-order valence-corrected chi connectivity index (χ3v) is 3.69. The minimum absolute atomic E-state index is 0.0653. The number of carbonyl (C=O) groups excluding carboxylic acids is 1. The maximum atomic E-state index is 11.3. The van der Waals surface area contributed by atoms with Crippen molar-refractivity contribution in [1.82, 2.24) is 4.90 Å². The Morgan fingerprint density at radius 3 is 2.86 bits per heavy atom. The van der Waals surface area contributed by atoms with E-state index >= 15 is 0 Å². The summed E-state index contributed by atoms with van der Waals surface area (Å²) in [6.07, 6.45) is 6.66. The summed E-state index contributed by atoms with van der Waals surface area (Å²) in [5, 5.41) is 0. The molecule has 79 valence electrons. The third-order valence-electron chi connectivity index (χ3n) is 3.69. The quantitative estimate of drug-likeness (QED) is 0.712. The predicted molar refractivity (Wildman–Crippen MR) is 55.4 cm³/mol. The number of nitrogens with zero attached hydrogens (tertiary/aromatic N) is 1. The molecule has 0 bridgehead atoms. The smallest absolute Gasteiger partial charge is 0.222 e. The van der Waals surface area contributed by atoms with Crippen molar-refractivity contribution in [1.29, 1.82) is 0 Å². The van der Waals surface area contributed by atoms with Crippen molar-refractivity contribution >= 4 is 5.91 Å². The fraction of sp³-hybridized carbons (Fsp3) is 0.818. The topological polar surface area (TPSA) is 46.3 Å². The summed E-state index contributed by atoms with van der Waals surface area (Å²) >= 11 is 0. The van der Waals surface area contributed by atoms with Gasteiger partial charge >= 0.3 is 0 Å². The molecule has 2 N–H and O–H groups in total. The molecule has 1 radical (unpaired) electrons. The van der Waals surface area contributed by atoms with Crippen LogP contribution in [-0.2, 0) is 4.79 Å². The van der Waals surface area contributed by atoms with E-state index in [1.165, 1.54) is 12.8 Å². The van der Waals surface area contributed by atoms with Crippen LogP contribution in [0.5, 0.6) is 0 Å². The molecule has 0 aromatic rings. The van der Waals surface area contributed by atoms with Gasteiger partial charge in [-0.25, -0.2) is 0 Å². The zero-order valence-electron chi connectivity index (χ0n) is 8.78. The number of rotatable bonds is 2. The minimum atomic E-state index is -0.122. The van der Waals surface area contributed by atoms with Crippen molar-refractivity contribution in [2.75, 3.05) is 6.54 Å². The molecule has 1 unspecified atom stereocenters. The Balaban J connectivity index is 2.05. The first-order chi connectivity index (χ1) is 6.70. The lowest BCUT2D eigenvalue weighted by molar-refractivity contribution is -0.123. The molecule has 14 heavy (non-hydrogen) atoms. The summed E-state index contributed by atoms with van der Waals surface area (Å²) in [5.74, 6) is -0.0570. The van der Waals surface area contributed by atoms with Gasteiger partial charge in [0.1, 0.15) is 0 Å². The monoisotopic (exact) mass is 195 g/mol. The lowest BCUT2D eigenvalue weighted by Crippen LogP contribution is -2.44. The molecule has 2 fully saturated rings. The van der Waals surface area contributed by atoms with Gasteiger partial charge in [-0.2, -0.15) is 0 Å². The molecule has 0 spiro atoms. The van der Waals surface area contributed by atoms with E-state index in [1.807, 2.05) is 0 Å². The summed E-state index contributed by atoms with van der Waals surface area (Å²) in [5.41, 5.74) is 5.42. The van der Waals surface area contributed by atoms with Gasteiger partial charge < -0.3 is 5.73 Å². The van der Waals surface area contributed by atoms with Crippen LogP contribution in [0.4, 0.5) is 0 Å². The summed E-state index contributed by atoms with van der Waals surface area (Å²) in [6.45, 7) is 3.40. The lowest BCUT2D eigenvalue weighted by atomic mass is 10.0. The van der Waals surface area contributed by atoms with E-state index in [9.17, 15) is 4.79 Å². The second-order valence-corrected chi connectivity index (χ2v) is 4.57. The maximum Gasteiger partial charge on any atom is 0.222 e. The predicted octanol–water partition coefficient (Wildman–Crippen LogP) is 0.939. The van der Waals surface area contributed by atoms with Gasteiger partial charge in [-0.05, 0) is 45.6 Å². The number of hydrogen-bond donors (Lipinski definition) is 1. The van der Waals surface area contributed by atoms with Crippen LogP contribution in [0, 0.1) is 12.3 Å². The molecule has 2 rings (SSSR count). The Morgan fingerprint density at radius 1 is 1.50 bits per heavy atom. The molecular formula is C11H19N2O. The van der Waals surface area contributed by atoms with Gasteiger partial charge in [0.2, 0.25) is 5.91 Å². The fourth-order valence-corrected chi connectivity index (χ4v) is 2.89. The molecule has 0 aromatic heterocycles. The van der Waals surface area contributed by atoms with E-state index in [-0.39, 0.29) is 11.8 Å². The zero-order chi connectivity index (χ0) is 10.1. The maximum absolute atomic E-state index is 11.3. The highest BCUT2D eigenvalue weighted by Crippen LogP contribution is 2.33. The van der Waals surface area contributed by atoms with Gasteiger partial charge in [0.25, 0.3) is 0 Å². The number of amides is 1. The first-order valence-corrected chi connectivity index (χ1v) is 5.57. The van der Waals surface area contributed by atoms with Crippen molar-refractivity contribution in [2.45, 2.75) is 44.7 Å². The molecule has 1 amide bonds. The van der Waals surface area contributed by atoms with Crippen LogP contribution in [0.3, 0.4) is 0 Å². The molecule has 3 atom stereocenters. The summed E-state index contributed by atoms with van der Waals surface area (Å²) in [7, 11) is 0. The largest absolute Gasteiger partial charge is 0.369 e. The number of hydrogen-bond acceptors (Lipinski definition) is 2. The second kappa shape index (κ2) is 3.89. The highest BCUT2D eigenvalue weighted by atomic mass is 16.1. The third kappa shape index (κ3) is 1.65. The van der Waals surface area contributed by atoms with Crippen LogP contribution in [0.1, 0.15) is 32.6 Å². The van der Waals surface area contributed by atoms with Crippen LogP contribution in [0.25, 0.3) is 0 Å². The second-order valence-electron chi connectivity index (χ2n) is 4.57. The van der Waals surface area contributed by atoms with E-state index in [2.05, 4.69) is 18.2 Å². The van der Waals surface area contributed by atoms with Crippen molar-refractivity contribution < 1.29 is 4.79 Å². The summed E-state index contributed by atoms with van der Waals surface area (Å²) < 4.78 is 0. The van der Waals surface area contributed by atoms with Gasteiger partial charge in [0.05, 0.1) is 5.92 Å². The number of nitrogens with two attached hydrogens (primary N) is 1. The Kier molecular flexibility index (Phi) is 2.77. The van der Waals surface area contributed by atoms with E-state index < -0.39 is 0 Å². The van der Waals surface area contributed by atoms with Crippen LogP contribution in [-0.4, -0.2) is 29.4 Å². The number of primary amides is 1. The van der Waals surface area contributed by atoms with Gasteiger partial charge in [-0.1, -0.05) is 0 Å². The molecule has 2 aliphatic rings. The average Bonchev–Trinajstić information content (AvgIpc) is 2.70. The lowest BCUT2D eigenvalue weighted by Gasteiger charge is -2.31. The Bertz CT molecular complexity index is 229. The molecule has 1 aliphatic carbocycles. The van der Waals surface area contributed by atoms with Gasteiger partial charge in [0, 0.05) is 12.1 Å². The normalized spacial score (nSPS) is 39.1. The first kappa shape index (κ1) is 9.97. The molecule has 1 saturated heterocycles. The highest BCUT2D eigenvalue weighted by molar-refractivity contribution is 5.78. The molecule has 1 saturated carbocycles. The van der Waals surface area contributed by atoms with E-state index in [0.717, 1.165) is 19.4 Å². The van der Waals surface area contributed by atoms with Crippen LogP contribution in [0.15, 0.2) is 0 Å². The van der Waals surface area contributed by atoms with Crippen LogP contribution >= 0.6 is 0 Å².